The largest absolute Gasteiger partial charge is 0.490 e. The Balaban J connectivity index is 2.14. The molecule has 1 N–H and O–H groups in total. The Morgan fingerprint density at radius 2 is 2.05 bits per heavy atom. The summed E-state index contributed by atoms with van der Waals surface area (Å²) >= 11 is 0. The molecule has 118 valence electrons. The van der Waals surface area contributed by atoms with Gasteiger partial charge >= 0.3 is 6.61 Å². The van der Waals surface area contributed by atoms with E-state index in [2.05, 4.69) is 9.64 Å². The minimum Gasteiger partial charge on any atom is -0.490 e. The molecule has 1 aliphatic heterocycles. The number of alkyl halides is 2. The van der Waals surface area contributed by atoms with Crippen molar-refractivity contribution in [3.05, 3.63) is 23.8 Å². The Labute approximate surface area is 123 Å². The number of benzene rings is 1. The van der Waals surface area contributed by atoms with Crippen LogP contribution in [0.4, 0.5) is 8.78 Å². The zero-order valence-corrected chi connectivity index (χ0v) is 12.1. The van der Waals surface area contributed by atoms with Crippen LogP contribution in [-0.2, 0) is 6.54 Å². The molecule has 0 aliphatic carbocycles. The van der Waals surface area contributed by atoms with Gasteiger partial charge in [-0.2, -0.15) is 8.78 Å². The van der Waals surface area contributed by atoms with Crippen LogP contribution in [0, 0.1) is 0 Å². The van der Waals surface area contributed by atoms with E-state index in [-0.39, 0.29) is 11.9 Å². The third-order valence-electron chi connectivity index (χ3n) is 3.52. The van der Waals surface area contributed by atoms with E-state index in [0.717, 1.165) is 13.1 Å². The van der Waals surface area contributed by atoms with Crippen molar-refractivity contribution in [1.82, 2.24) is 4.90 Å². The third-order valence-corrected chi connectivity index (χ3v) is 3.52. The summed E-state index contributed by atoms with van der Waals surface area (Å²) in [4.78, 5) is 2.12. The van der Waals surface area contributed by atoms with Gasteiger partial charge in [0.1, 0.15) is 0 Å². The summed E-state index contributed by atoms with van der Waals surface area (Å²) in [7, 11) is 0. The van der Waals surface area contributed by atoms with Gasteiger partial charge in [-0.05, 0) is 25.8 Å². The summed E-state index contributed by atoms with van der Waals surface area (Å²) in [6, 6.07) is 5.17. The molecule has 0 aromatic heterocycles. The fraction of sp³-hybridized carbons (Fsp3) is 0.600. The molecule has 0 amide bonds. The van der Waals surface area contributed by atoms with E-state index >= 15 is 0 Å². The SMILES string of the molecule is CCOc1cccc(CN2CCC(O)CC2)c1OC(F)F. The van der Waals surface area contributed by atoms with E-state index in [0.29, 0.717) is 37.3 Å². The predicted molar refractivity (Wildman–Crippen MR) is 74.8 cm³/mol. The highest BCUT2D eigenvalue weighted by Crippen LogP contribution is 2.34. The van der Waals surface area contributed by atoms with Crippen molar-refractivity contribution < 1.29 is 23.4 Å². The van der Waals surface area contributed by atoms with Crippen LogP contribution in [0.25, 0.3) is 0 Å². The first-order valence-electron chi connectivity index (χ1n) is 7.20. The maximum Gasteiger partial charge on any atom is 0.387 e. The lowest BCUT2D eigenvalue weighted by Crippen LogP contribution is -2.35. The minimum absolute atomic E-state index is 0.112. The molecule has 2 rings (SSSR count). The number of aliphatic hydroxyl groups is 1. The molecule has 21 heavy (non-hydrogen) atoms. The van der Waals surface area contributed by atoms with E-state index < -0.39 is 6.61 Å². The van der Waals surface area contributed by atoms with Crippen LogP contribution in [0.2, 0.25) is 0 Å². The second-order valence-electron chi connectivity index (χ2n) is 5.06. The summed E-state index contributed by atoms with van der Waals surface area (Å²) in [5.74, 6) is 0.452. The Kier molecular flexibility index (Phi) is 5.76. The molecule has 1 aromatic rings. The minimum atomic E-state index is -2.88. The number of para-hydroxylation sites is 1. The van der Waals surface area contributed by atoms with Crippen molar-refractivity contribution in [1.29, 1.82) is 0 Å². The van der Waals surface area contributed by atoms with Gasteiger partial charge in [-0.1, -0.05) is 12.1 Å². The van der Waals surface area contributed by atoms with E-state index in [4.69, 9.17) is 4.74 Å². The molecule has 0 saturated carbocycles. The van der Waals surface area contributed by atoms with Crippen LogP contribution < -0.4 is 9.47 Å². The highest BCUT2D eigenvalue weighted by atomic mass is 19.3. The lowest BCUT2D eigenvalue weighted by atomic mass is 10.1. The first kappa shape index (κ1) is 16.0. The molecular formula is C15H21F2NO3. The molecule has 0 bridgehead atoms. The molecule has 1 heterocycles. The van der Waals surface area contributed by atoms with Crippen LogP contribution in [0.1, 0.15) is 25.3 Å². The van der Waals surface area contributed by atoms with Crippen LogP contribution in [0.5, 0.6) is 11.5 Å². The van der Waals surface area contributed by atoms with Crippen LogP contribution in [-0.4, -0.2) is 42.4 Å². The van der Waals surface area contributed by atoms with Crippen LogP contribution in [0.15, 0.2) is 18.2 Å². The van der Waals surface area contributed by atoms with Crippen molar-refractivity contribution >= 4 is 0 Å². The maximum absolute atomic E-state index is 12.6. The quantitative estimate of drug-likeness (QED) is 0.877. The third kappa shape index (κ3) is 4.54. The van der Waals surface area contributed by atoms with Gasteiger partial charge in [0, 0.05) is 25.2 Å². The number of piperidine rings is 1. The van der Waals surface area contributed by atoms with Gasteiger partial charge < -0.3 is 14.6 Å². The van der Waals surface area contributed by atoms with Crippen LogP contribution in [0.3, 0.4) is 0 Å². The smallest absolute Gasteiger partial charge is 0.387 e. The monoisotopic (exact) mass is 301 g/mol. The van der Waals surface area contributed by atoms with Crippen molar-refractivity contribution in [2.75, 3.05) is 19.7 Å². The molecular weight excluding hydrogens is 280 g/mol. The van der Waals surface area contributed by atoms with Crippen molar-refractivity contribution in [3.8, 4) is 11.5 Å². The molecule has 0 spiro atoms. The lowest BCUT2D eigenvalue weighted by Gasteiger charge is -2.30. The Morgan fingerprint density at radius 3 is 2.67 bits per heavy atom. The molecule has 1 aromatic carbocycles. The molecule has 1 aliphatic rings. The van der Waals surface area contributed by atoms with Crippen molar-refractivity contribution in [2.45, 2.75) is 39.0 Å². The molecule has 6 heteroatoms. The van der Waals surface area contributed by atoms with Gasteiger partial charge in [0.05, 0.1) is 12.7 Å². The Bertz CT molecular complexity index is 449. The zero-order chi connectivity index (χ0) is 15.2. The van der Waals surface area contributed by atoms with Crippen molar-refractivity contribution in [2.24, 2.45) is 0 Å². The first-order valence-corrected chi connectivity index (χ1v) is 7.20. The van der Waals surface area contributed by atoms with E-state index in [1.807, 2.05) is 0 Å². The molecule has 0 radical (unpaired) electrons. The fourth-order valence-electron chi connectivity index (χ4n) is 2.50. The van der Waals surface area contributed by atoms with E-state index in [9.17, 15) is 13.9 Å². The normalized spacial score (nSPS) is 17.2. The zero-order valence-electron chi connectivity index (χ0n) is 12.1. The standard InChI is InChI=1S/C15H21F2NO3/c1-2-20-13-5-3-4-11(14(13)21-15(16)17)10-18-8-6-12(19)7-9-18/h3-5,12,15,19H,2,6-10H2,1H3. The van der Waals surface area contributed by atoms with E-state index in [1.54, 1.807) is 25.1 Å². The molecule has 0 unspecified atom stereocenters. The number of nitrogens with zero attached hydrogens (tertiary/aromatic N) is 1. The number of halogens is 2. The molecule has 0 atom stereocenters. The second-order valence-corrected chi connectivity index (χ2v) is 5.06. The average molecular weight is 301 g/mol. The summed E-state index contributed by atoms with van der Waals surface area (Å²) in [5.41, 5.74) is 0.678. The number of ether oxygens (including phenoxy) is 2. The Morgan fingerprint density at radius 1 is 1.33 bits per heavy atom. The molecule has 1 fully saturated rings. The molecule has 4 nitrogen and oxygen atoms in total. The fourth-order valence-corrected chi connectivity index (χ4v) is 2.50. The summed E-state index contributed by atoms with van der Waals surface area (Å²) < 4.78 is 35.3. The molecule has 1 saturated heterocycles. The summed E-state index contributed by atoms with van der Waals surface area (Å²) in [6.45, 7) is 1.30. The maximum atomic E-state index is 12.6. The number of aliphatic hydroxyl groups excluding tert-OH is 1. The van der Waals surface area contributed by atoms with Gasteiger partial charge in [-0.15, -0.1) is 0 Å². The van der Waals surface area contributed by atoms with Gasteiger partial charge in [0.2, 0.25) is 0 Å². The first-order chi connectivity index (χ1) is 10.1. The number of rotatable bonds is 6. The van der Waals surface area contributed by atoms with E-state index in [1.165, 1.54) is 0 Å². The number of likely N-dealkylation sites (tertiary alicyclic amines) is 1. The average Bonchev–Trinajstić information content (AvgIpc) is 2.44. The van der Waals surface area contributed by atoms with Gasteiger partial charge in [-0.3, -0.25) is 4.90 Å². The summed E-state index contributed by atoms with van der Waals surface area (Å²) in [6.07, 6.45) is 1.15. The predicted octanol–water partition coefficient (Wildman–Crippen LogP) is 2.64. The van der Waals surface area contributed by atoms with Gasteiger partial charge in [-0.25, -0.2) is 0 Å². The lowest BCUT2D eigenvalue weighted by molar-refractivity contribution is -0.0525. The van der Waals surface area contributed by atoms with Gasteiger partial charge in [0.25, 0.3) is 0 Å². The summed E-state index contributed by atoms with van der Waals surface area (Å²) in [5, 5.41) is 9.51. The van der Waals surface area contributed by atoms with Crippen molar-refractivity contribution in [3.63, 3.8) is 0 Å². The second kappa shape index (κ2) is 7.56. The number of hydrogen-bond donors (Lipinski definition) is 1. The highest BCUT2D eigenvalue weighted by molar-refractivity contribution is 5.46. The van der Waals surface area contributed by atoms with Crippen LogP contribution >= 0.6 is 0 Å². The number of hydrogen-bond acceptors (Lipinski definition) is 4. The Hall–Kier alpha value is -1.40. The van der Waals surface area contributed by atoms with Gasteiger partial charge in [0.15, 0.2) is 11.5 Å². The highest BCUT2D eigenvalue weighted by Gasteiger charge is 2.21. The topological polar surface area (TPSA) is 41.9 Å².